The summed E-state index contributed by atoms with van der Waals surface area (Å²) in [6.07, 6.45) is 1.96. The van der Waals surface area contributed by atoms with Crippen LogP contribution in [0, 0.1) is 0 Å². The molecule has 20 heavy (non-hydrogen) atoms. The van der Waals surface area contributed by atoms with Crippen molar-refractivity contribution in [3.8, 4) is 0 Å². The fourth-order valence-corrected chi connectivity index (χ4v) is 2.98. The zero-order valence-electron chi connectivity index (χ0n) is 12.3. The molecular weight excluding hydrogens is 292 g/mol. The van der Waals surface area contributed by atoms with Gasteiger partial charge in [-0.2, -0.15) is 0 Å². The summed E-state index contributed by atoms with van der Waals surface area (Å²) in [6, 6.07) is 5.85. The number of rotatable bonds is 2. The number of hydrogen-bond acceptors (Lipinski definition) is 3. The number of amides is 1. The van der Waals surface area contributed by atoms with Crippen molar-refractivity contribution in [1.29, 1.82) is 0 Å². The molecule has 0 radical (unpaired) electrons. The van der Waals surface area contributed by atoms with Gasteiger partial charge >= 0.3 is 0 Å². The first-order chi connectivity index (χ1) is 8.88. The molecule has 2 N–H and O–H groups in total. The van der Waals surface area contributed by atoms with Crippen LogP contribution in [0.4, 0.5) is 11.4 Å². The van der Waals surface area contributed by atoms with E-state index < -0.39 is 0 Å². The Hall–Kier alpha value is -0.870. The Bertz CT molecular complexity index is 485. The summed E-state index contributed by atoms with van der Waals surface area (Å²) in [5.41, 5.74) is 8.94. The number of anilines is 2. The molecule has 112 valence electrons. The van der Waals surface area contributed by atoms with Crippen molar-refractivity contribution in [3.05, 3.63) is 23.8 Å². The highest BCUT2D eigenvalue weighted by atomic mass is 35.5. The number of thioether (sulfide) groups is 1. The number of nitrogens with two attached hydrogens (primary N) is 1. The van der Waals surface area contributed by atoms with E-state index in [1.54, 1.807) is 11.8 Å². The maximum absolute atomic E-state index is 12.4. The van der Waals surface area contributed by atoms with E-state index in [1.807, 2.05) is 23.1 Å². The van der Waals surface area contributed by atoms with E-state index in [9.17, 15) is 4.79 Å². The largest absolute Gasteiger partial charge is 0.398 e. The van der Waals surface area contributed by atoms with Crippen LogP contribution < -0.4 is 10.6 Å². The Morgan fingerprint density at radius 3 is 2.75 bits per heavy atom. The van der Waals surface area contributed by atoms with Crippen molar-refractivity contribution in [1.82, 2.24) is 0 Å². The summed E-state index contributed by atoms with van der Waals surface area (Å²) in [4.78, 5) is 14.3. The SMILES string of the molecule is CC(C)(C)SCC(=O)N1CCCc2c(N)cccc21.Cl. The quantitative estimate of drug-likeness (QED) is 0.850. The minimum atomic E-state index is 0. The molecule has 0 atom stereocenters. The van der Waals surface area contributed by atoms with Crippen LogP contribution in [0.15, 0.2) is 18.2 Å². The molecule has 0 saturated heterocycles. The van der Waals surface area contributed by atoms with Gasteiger partial charge < -0.3 is 10.6 Å². The van der Waals surface area contributed by atoms with Crippen LogP contribution in [-0.4, -0.2) is 23.0 Å². The van der Waals surface area contributed by atoms with Crippen molar-refractivity contribution in [2.75, 3.05) is 22.9 Å². The van der Waals surface area contributed by atoms with Crippen LogP contribution >= 0.6 is 24.2 Å². The standard InChI is InChI=1S/C15H22N2OS.ClH/c1-15(2,3)19-10-14(18)17-9-5-6-11-12(16)7-4-8-13(11)17;/h4,7-8H,5-6,9-10,16H2,1-3H3;1H. The first-order valence-corrected chi connectivity index (χ1v) is 7.69. The average molecular weight is 315 g/mol. The van der Waals surface area contributed by atoms with Crippen LogP contribution in [0.2, 0.25) is 0 Å². The van der Waals surface area contributed by atoms with E-state index in [4.69, 9.17) is 5.73 Å². The maximum Gasteiger partial charge on any atom is 0.237 e. The number of hydrogen-bond donors (Lipinski definition) is 1. The first kappa shape index (κ1) is 17.2. The number of carbonyl (C=O) groups excluding carboxylic acids is 1. The minimum absolute atomic E-state index is 0. The molecule has 0 aromatic heterocycles. The van der Waals surface area contributed by atoms with Crippen LogP contribution in [0.25, 0.3) is 0 Å². The highest BCUT2D eigenvalue weighted by Gasteiger charge is 2.24. The minimum Gasteiger partial charge on any atom is -0.398 e. The Morgan fingerprint density at radius 1 is 1.40 bits per heavy atom. The summed E-state index contributed by atoms with van der Waals surface area (Å²) in [5, 5.41) is 0. The van der Waals surface area contributed by atoms with Crippen LogP contribution in [0.3, 0.4) is 0 Å². The second-order valence-corrected chi connectivity index (χ2v) is 7.70. The summed E-state index contributed by atoms with van der Waals surface area (Å²) >= 11 is 1.69. The summed E-state index contributed by atoms with van der Waals surface area (Å²) < 4.78 is 0.115. The van der Waals surface area contributed by atoms with E-state index in [-0.39, 0.29) is 23.1 Å². The van der Waals surface area contributed by atoms with Gasteiger partial charge in [0.2, 0.25) is 5.91 Å². The van der Waals surface area contributed by atoms with E-state index in [1.165, 1.54) is 0 Å². The number of nitrogens with zero attached hydrogens (tertiary/aromatic N) is 1. The lowest BCUT2D eigenvalue weighted by Gasteiger charge is -2.31. The van der Waals surface area contributed by atoms with Gasteiger partial charge in [0.1, 0.15) is 0 Å². The van der Waals surface area contributed by atoms with Gasteiger partial charge in [0, 0.05) is 22.7 Å². The third-order valence-corrected chi connectivity index (χ3v) is 4.47. The van der Waals surface area contributed by atoms with Crippen molar-refractivity contribution < 1.29 is 4.79 Å². The molecule has 0 bridgehead atoms. The average Bonchev–Trinajstić information content (AvgIpc) is 2.35. The topological polar surface area (TPSA) is 46.3 Å². The Morgan fingerprint density at radius 2 is 2.10 bits per heavy atom. The lowest BCUT2D eigenvalue weighted by Crippen LogP contribution is -2.37. The molecule has 3 nitrogen and oxygen atoms in total. The lowest BCUT2D eigenvalue weighted by molar-refractivity contribution is -0.116. The van der Waals surface area contributed by atoms with E-state index >= 15 is 0 Å². The Labute approximate surface area is 131 Å². The molecule has 0 unspecified atom stereocenters. The third-order valence-electron chi connectivity index (χ3n) is 3.22. The van der Waals surface area contributed by atoms with E-state index in [0.29, 0.717) is 5.75 Å². The molecule has 0 saturated carbocycles. The van der Waals surface area contributed by atoms with Crippen LogP contribution in [-0.2, 0) is 11.2 Å². The lowest BCUT2D eigenvalue weighted by atomic mass is 10.00. The second-order valence-electron chi connectivity index (χ2n) is 5.89. The normalized spacial score (nSPS) is 14.4. The zero-order chi connectivity index (χ0) is 14.0. The van der Waals surface area contributed by atoms with Crippen LogP contribution in [0.1, 0.15) is 32.8 Å². The molecule has 1 aliphatic heterocycles. The zero-order valence-corrected chi connectivity index (χ0v) is 13.9. The van der Waals surface area contributed by atoms with Crippen molar-refractivity contribution in [2.45, 2.75) is 38.4 Å². The molecule has 1 aromatic carbocycles. The van der Waals surface area contributed by atoms with E-state index in [0.717, 1.165) is 36.3 Å². The number of halogens is 1. The van der Waals surface area contributed by atoms with Gasteiger partial charge in [0.25, 0.3) is 0 Å². The van der Waals surface area contributed by atoms with Gasteiger partial charge in [-0.3, -0.25) is 4.79 Å². The van der Waals surface area contributed by atoms with Gasteiger partial charge in [-0.15, -0.1) is 24.2 Å². The monoisotopic (exact) mass is 314 g/mol. The fourth-order valence-electron chi connectivity index (χ4n) is 2.27. The summed E-state index contributed by atoms with van der Waals surface area (Å²) in [5.74, 6) is 0.712. The summed E-state index contributed by atoms with van der Waals surface area (Å²) in [6.45, 7) is 7.20. The molecule has 1 aromatic rings. The van der Waals surface area contributed by atoms with Gasteiger partial charge in [-0.25, -0.2) is 0 Å². The number of fused-ring (bicyclic) bond motifs is 1. The fraction of sp³-hybridized carbons (Fsp3) is 0.533. The van der Waals surface area contributed by atoms with Gasteiger partial charge in [-0.1, -0.05) is 26.8 Å². The molecule has 1 amide bonds. The molecular formula is C15H23ClN2OS. The molecule has 0 aliphatic carbocycles. The highest BCUT2D eigenvalue weighted by molar-refractivity contribution is 8.01. The molecule has 2 rings (SSSR count). The third kappa shape index (κ3) is 4.06. The molecule has 0 spiro atoms. The Kier molecular flexibility index (Phi) is 5.78. The predicted molar refractivity (Wildman–Crippen MR) is 91.0 cm³/mol. The predicted octanol–water partition coefficient (Wildman–Crippen LogP) is 3.50. The summed E-state index contributed by atoms with van der Waals surface area (Å²) in [7, 11) is 0. The molecule has 5 heteroatoms. The maximum atomic E-state index is 12.4. The number of benzene rings is 1. The molecule has 0 fully saturated rings. The molecule has 1 heterocycles. The Balaban J connectivity index is 0.00000200. The number of nitrogen functional groups attached to an aromatic ring is 1. The highest BCUT2D eigenvalue weighted by Crippen LogP contribution is 2.32. The second kappa shape index (κ2) is 6.72. The van der Waals surface area contributed by atoms with E-state index in [2.05, 4.69) is 20.8 Å². The smallest absolute Gasteiger partial charge is 0.237 e. The van der Waals surface area contributed by atoms with Crippen molar-refractivity contribution in [2.24, 2.45) is 0 Å². The van der Waals surface area contributed by atoms with Crippen LogP contribution in [0.5, 0.6) is 0 Å². The molecule has 1 aliphatic rings. The first-order valence-electron chi connectivity index (χ1n) is 6.70. The van der Waals surface area contributed by atoms with Gasteiger partial charge in [-0.05, 0) is 30.5 Å². The van der Waals surface area contributed by atoms with Gasteiger partial charge in [0.05, 0.1) is 5.75 Å². The number of carbonyl (C=O) groups is 1. The van der Waals surface area contributed by atoms with Crippen molar-refractivity contribution in [3.63, 3.8) is 0 Å². The van der Waals surface area contributed by atoms with Gasteiger partial charge in [0.15, 0.2) is 0 Å². The van der Waals surface area contributed by atoms with Crippen molar-refractivity contribution >= 4 is 41.5 Å².